The van der Waals surface area contributed by atoms with Gasteiger partial charge in [0.05, 0.1) is 18.6 Å². The zero-order valence-electron chi connectivity index (χ0n) is 18.0. The Balaban J connectivity index is 0.994. The first-order valence-corrected chi connectivity index (χ1v) is 11.5. The molecule has 3 saturated heterocycles. The molecule has 1 aromatic heterocycles. The van der Waals surface area contributed by atoms with E-state index >= 15 is 0 Å². The topological polar surface area (TPSA) is 44.7 Å². The number of anilines is 1. The molecule has 0 aliphatic carbocycles. The van der Waals surface area contributed by atoms with Crippen LogP contribution in [0.15, 0.2) is 30.6 Å². The lowest BCUT2D eigenvalue weighted by atomic mass is 9.78. The van der Waals surface area contributed by atoms with E-state index in [1.807, 2.05) is 18.5 Å². The van der Waals surface area contributed by atoms with Gasteiger partial charge >= 0.3 is 0 Å². The summed E-state index contributed by atoms with van der Waals surface area (Å²) in [4.78, 5) is 16.6. The van der Waals surface area contributed by atoms with E-state index in [0.29, 0.717) is 11.5 Å². The average molecular weight is 424 g/mol. The van der Waals surface area contributed by atoms with Gasteiger partial charge in [0.25, 0.3) is 0 Å². The fraction of sp³-hybridized carbons (Fsp3) is 0.583. The van der Waals surface area contributed by atoms with Crippen molar-refractivity contribution in [2.24, 2.45) is 5.41 Å². The van der Waals surface area contributed by atoms with Crippen molar-refractivity contribution >= 4 is 5.95 Å². The Morgan fingerprint density at radius 3 is 2.52 bits per heavy atom. The molecule has 6 nitrogen and oxygen atoms in total. The van der Waals surface area contributed by atoms with E-state index in [1.54, 1.807) is 12.1 Å². The maximum atomic E-state index is 13.6. The standard InChI is InChI=1S/C24H30FN5O/c25-21-2-1-19-3-8-29(13-20(19)9-21)22-4-6-28(7-5-22)12-18-10-26-23(27-11-18)30-14-24(15-30)16-31-17-24/h1-2,9-11,22H,3-8,12-17H2. The number of aromatic nitrogens is 2. The first-order valence-electron chi connectivity index (χ1n) is 11.5. The van der Waals surface area contributed by atoms with Gasteiger partial charge in [0.15, 0.2) is 0 Å². The van der Waals surface area contributed by atoms with Crippen LogP contribution in [-0.4, -0.2) is 71.7 Å². The van der Waals surface area contributed by atoms with Crippen molar-refractivity contribution in [3.63, 3.8) is 0 Å². The van der Waals surface area contributed by atoms with Crippen molar-refractivity contribution in [2.45, 2.75) is 38.4 Å². The smallest absolute Gasteiger partial charge is 0.225 e. The number of nitrogens with zero attached hydrogens (tertiary/aromatic N) is 5. The molecule has 1 spiro atoms. The number of fused-ring (bicyclic) bond motifs is 1. The van der Waals surface area contributed by atoms with E-state index in [1.165, 1.54) is 29.5 Å². The minimum absolute atomic E-state index is 0.116. The lowest BCUT2D eigenvalue weighted by Crippen LogP contribution is -2.66. The molecule has 0 saturated carbocycles. The maximum absolute atomic E-state index is 13.6. The Labute approximate surface area is 183 Å². The van der Waals surface area contributed by atoms with Gasteiger partial charge in [-0.15, -0.1) is 0 Å². The van der Waals surface area contributed by atoms with Crippen molar-refractivity contribution in [3.8, 4) is 0 Å². The summed E-state index contributed by atoms with van der Waals surface area (Å²) >= 11 is 0. The van der Waals surface area contributed by atoms with E-state index in [2.05, 4.69) is 24.7 Å². The van der Waals surface area contributed by atoms with Gasteiger partial charge in [-0.05, 0) is 55.6 Å². The highest BCUT2D eigenvalue weighted by atomic mass is 19.1. The summed E-state index contributed by atoms with van der Waals surface area (Å²) in [5.41, 5.74) is 4.06. The molecule has 2 aromatic rings. The van der Waals surface area contributed by atoms with Gasteiger partial charge < -0.3 is 9.64 Å². The highest BCUT2D eigenvalue weighted by Gasteiger charge is 2.49. The summed E-state index contributed by atoms with van der Waals surface area (Å²) in [5, 5.41) is 0. The number of piperidine rings is 1. The van der Waals surface area contributed by atoms with Crippen LogP contribution in [0.2, 0.25) is 0 Å². The Kier molecular flexibility index (Phi) is 4.93. The molecule has 1 aromatic carbocycles. The van der Waals surface area contributed by atoms with Gasteiger partial charge in [-0.25, -0.2) is 14.4 Å². The van der Waals surface area contributed by atoms with Crippen LogP contribution >= 0.6 is 0 Å². The molecule has 31 heavy (non-hydrogen) atoms. The highest BCUT2D eigenvalue weighted by Crippen LogP contribution is 2.38. The number of likely N-dealkylation sites (tertiary alicyclic amines) is 1. The second kappa shape index (κ2) is 7.80. The van der Waals surface area contributed by atoms with Crippen molar-refractivity contribution in [1.29, 1.82) is 0 Å². The summed E-state index contributed by atoms with van der Waals surface area (Å²) < 4.78 is 19.0. The van der Waals surface area contributed by atoms with E-state index < -0.39 is 0 Å². The highest BCUT2D eigenvalue weighted by molar-refractivity contribution is 5.37. The number of hydrogen-bond acceptors (Lipinski definition) is 6. The van der Waals surface area contributed by atoms with Crippen LogP contribution in [0.4, 0.5) is 10.3 Å². The average Bonchev–Trinajstić information content (AvgIpc) is 2.73. The van der Waals surface area contributed by atoms with Crippen molar-refractivity contribution < 1.29 is 9.13 Å². The zero-order chi connectivity index (χ0) is 20.8. The molecule has 4 aliphatic rings. The normalized spacial score (nSPS) is 24.0. The summed E-state index contributed by atoms with van der Waals surface area (Å²) in [6.45, 7) is 8.89. The molecule has 0 unspecified atom stereocenters. The molecule has 4 aliphatic heterocycles. The zero-order valence-corrected chi connectivity index (χ0v) is 18.0. The first-order chi connectivity index (χ1) is 15.2. The van der Waals surface area contributed by atoms with Crippen LogP contribution in [0, 0.1) is 11.2 Å². The third-order valence-corrected chi connectivity index (χ3v) is 7.53. The molecule has 6 rings (SSSR count). The van der Waals surface area contributed by atoms with Gasteiger partial charge in [-0.1, -0.05) is 6.07 Å². The molecule has 0 radical (unpaired) electrons. The first kappa shape index (κ1) is 19.6. The van der Waals surface area contributed by atoms with E-state index in [4.69, 9.17) is 4.74 Å². The minimum atomic E-state index is -0.116. The molecule has 0 bridgehead atoms. The third kappa shape index (κ3) is 3.83. The molecule has 0 atom stereocenters. The van der Waals surface area contributed by atoms with Crippen molar-refractivity contribution in [2.75, 3.05) is 50.8 Å². The van der Waals surface area contributed by atoms with Gasteiger partial charge in [-0.3, -0.25) is 9.80 Å². The van der Waals surface area contributed by atoms with Gasteiger partial charge in [0.1, 0.15) is 5.82 Å². The predicted octanol–water partition coefficient (Wildman–Crippen LogP) is 2.48. The molecular weight excluding hydrogens is 393 g/mol. The summed E-state index contributed by atoms with van der Waals surface area (Å²) in [6, 6.07) is 5.87. The van der Waals surface area contributed by atoms with Gasteiger partial charge in [-0.2, -0.15) is 0 Å². The van der Waals surface area contributed by atoms with Crippen LogP contribution in [0.25, 0.3) is 0 Å². The number of benzene rings is 1. The Morgan fingerprint density at radius 1 is 1.03 bits per heavy atom. The number of ether oxygens (including phenoxy) is 1. The predicted molar refractivity (Wildman–Crippen MR) is 116 cm³/mol. The van der Waals surface area contributed by atoms with Crippen LogP contribution < -0.4 is 4.90 Å². The summed E-state index contributed by atoms with van der Waals surface area (Å²) in [7, 11) is 0. The number of rotatable bonds is 4. The van der Waals surface area contributed by atoms with Crippen LogP contribution in [0.5, 0.6) is 0 Å². The molecule has 7 heteroatoms. The minimum Gasteiger partial charge on any atom is -0.380 e. The van der Waals surface area contributed by atoms with Gasteiger partial charge in [0, 0.05) is 56.7 Å². The summed E-state index contributed by atoms with van der Waals surface area (Å²) in [6.07, 6.45) is 7.35. The second-order valence-electron chi connectivity index (χ2n) is 9.88. The van der Waals surface area contributed by atoms with E-state index in [0.717, 1.165) is 71.4 Å². The third-order valence-electron chi connectivity index (χ3n) is 7.53. The molecular formula is C24H30FN5O. The van der Waals surface area contributed by atoms with E-state index in [9.17, 15) is 4.39 Å². The molecule has 0 N–H and O–H groups in total. The van der Waals surface area contributed by atoms with Crippen molar-refractivity contribution in [1.82, 2.24) is 19.8 Å². The Morgan fingerprint density at radius 2 is 1.81 bits per heavy atom. The van der Waals surface area contributed by atoms with E-state index in [-0.39, 0.29) is 5.82 Å². The monoisotopic (exact) mass is 423 g/mol. The second-order valence-corrected chi connectivity index (χ2v) is 9.88. The van der Waals surface area contributed by atoms with Crippen LogP contribution in [-0.2, 0) is 24.2 Å². The fourth-order valence-electron chi connectivity index (χ4n) is 5.63. The largest absolute Gasteiger partial charge is 0.380 e. The quantitative estimate of drug-likeness (QED) is 0.753. The SMILES string of the molecule is Fc1ccc2c(c1)CN(C1CCN(Cc3cnc(N4CC5(COC5)C4)nc3)CC1)CC2. The molecule has 5 heterocycles. The Bertz CT molecular complexity index is 931. The lowest BCUT2D eigenvalue weighted by Gasteiger charge is -2.54. The lowest BCUT2D eigenvalue weighted by molar-refractivity contribution is -0.127. The Hall–Kier alpha value is -2.09. The number of hydrogen-bond donors (Lipinski definition) is 0. The summed E-state index contributed by atoms with van der Waals surface area (Å²) in [5.74, 6) is 0.733. The molecule has 0 amide bonds. The van der Waals surface area contributed by atoms with Gasteiger partial charge in [0.2, 0.25) is 5.95 Å². The fourth-order valence-corrected chi connectivity index (χ4v) is 5.63. The molecule has 164 valence electrons. The maximum Gasteiger partial charge on any atom is 0.225 e. The van der Waals surface area contributed by atoms with Crippen LogP contribution in [0.1, 0.15) is 29.5 Å². The molecule has 3 fully saturated rings. The van der Waals surface area contributed by atoms with Crippen molar-refractivity contribution in [3.05, 3.63) is 53.1 Å². The van der Waals surface area contributed by atoms with Crippen LogP contribution in [0.3, 0.4) is 0 Å². The number of halogens is 1.